The number of halogens is 2. The Morgan fingerprint density at radius 1 is 1.15 bits per heavy atom. The average Bonchev–Trinajstić information content (AvgIpc) is 2.64. The minimum Gasteiger partial charge on any atom is -0.315 e. The minimum atomic E-state index is -4.04. The summed E-state index contributed by atoms with van der Waals surface area (Å²) in [6, 6.07) is 7.63. The van der Waals surface area contributed by atoms with Gasteiger partial charge in [0.15, 0.2) is 11.6 Å². The number of piperidine rings is 1. The van der Waals surface area contributed by atoms with Gasteiger partial charge in [-0.25, -0.2) is 21.9 Å². The van der Waals surface area contributed by atoms with Gasteiger partial charge in [-0.05, 0) is 36.7 Å². The van der Waals surface area contributed by atoms with Gasteiger partial charge >= 0.3 is 0 Å². The lowest BCUT2D eigenvalue weighted by molar-refractivity contribution is -0.385. The molecule has 0 bridgehead atoms. The van der Waals surface area contributed by atoms with Crippen LogP contribution in [-0.4, -0.2) is 32.5 Å². The molecule has 144 valence electrons. The van der Waals surface area contributed by atoms with Crippen molar-refractivity contribution in [1.82, 2.24) is 10.0 Å². The van der Waals surface area contributed by atoms with Crippen LogP contribution in [0.2, 0.25) is 0 Å². The number of benzene rings is 2. The Morgan fingerprint density at radius 2 is 1.93 bits per heavy atom. The Hall–Kier alpha value is -2.43. The molecule has 10 heteroatoms. The van der Waals surface area contributed by atoms with Crippen LogP contribution in [0.5, 0.6) is 0 Å². The number of nitro benzene ring substituents is 1. The van der Waals surface area contributed by atoms with E-state index in [1.165, 1.54) is 24.3 Å². The van der Waals surface area contributed by atoms with Crippen molar-refractivity contribution in [3.05, 3.63) is 69.8 Å². The molecule has 0 amide bonds. The lowest BCUT2D eigenvalue weighted by Gasteiger charge is -2.33. The SMILES string of the molecule is O=[N+]([O-])c1cccc(S(=O)(=O)NC2CNCCC2c2ccc(F)c(F)c2)c1. The van der Waals surface area contributed by atoms with Crippen molar-refractivity contribution < 1.29 is 22.1 Å². The van der Waals surface area contributed by atoms with Gasteiger partial charge in [0.1, 0.15) is 0 Å². The Kier molecular flexibility index (Phi) is 5.49. The predicted molar refractivity (Wildman–Crippen MR) is 93.8 cm³/mol. The quantitative estimate of drug-likeness (QED) is 0.596. The predicted octanol–water partition coefficient (Wildman–Crippen LogP) is 2.30. The van der Waals surface area contributed by atoms with Crippen LogP contribution in [0, 0.1) is 21.7 Å². The maximum atomic E-state index is 13.6. The van der Waals surface area contributed by atoms with Gasteiger partial charge in [-0.3, -0.25) is 10.1 Å². The van der Waals surface area contributed by atoms with Crippen LogP contribution in [0.1, 0.15) is 17.9 Å². The summed E-state index contributed by atoms with van der Waals surface area (Å²) in [4.78, 5) is 9.98. The van der Waals surface area contributed by atoms with Gasteiger partial charge in [0, 0.05) is 30.6 Å². The number of sulfonamides is 1. The lowest BCUT2D eigenvalue weighted by Crippen LogP contribution is -2.49. The van der Waals surface area contributed by atoms with E-state index in [1.54, 1.807) is 0 Å². The van der Waals surface area contributed by atoms with E-state index in [2.05, 4.69) is 10.0 Å². The van der Waals surface area contributed by atoms with Gasteiger partial charge in [0.2, 0.25) is 10.0 Å². The van der Waals surface area contributed by atoms with Gasteiger partial charge < -0.3 is 5.32 Å². The van der Waals surface area contributed by atoms with E-state index in [-0.39, 0.29) is 23.0 Å². The Morgan fingerprint density at radius 3 is 2.63 bits per heavy atom. The number of nitro groups is 1. The molecule has 0 aliphatic carbocycles. The highest BCUT2D eigenvalue weighted by Gasteiger charge is 2.31. The molecule has 1 heterocycles. The third-order valence-corrected chi connectivity index (χ3v) is 5.99. The van der Waals surface area contributed by atoms with Crippen LogP contribution < -0.4 is 10.0 Å². The summed E-state index contributed by atoms with van der Waals surface area (Å²) in [5, 5.41) is 13.9. The summed E-state index contributed by atoms with van der Waals surface area (Å²) in [6.45, 7) is 0.885. The smallest absolute Gasteiger partial charge is 0.270 e. The largest absolute Gasteiger partial charge is 0.315 e. The summed E-state index contributed by atoms with van der Waals surface area (Å²) in [6.07, 6.45) is 0.521. The average molecular weight is 397 g/mol. The zero-order valence-electron chi connectivity index (χ0n) is 14.1. The molecule has 1 fully saturated rings. The summed E-state index contributed by atoms with van der Waals surface area (Å²) in [5.41, 5.74) is 0.152. The second kappa shape index (κ2) is 7.67. The maximum absolute atomic E-state index is 13.6. The van der Waals surface area contributed by atoms with Crippen molar-refractivity contribution in [2.45, 2.75) is 23.3 Å². The molecule has 0 radical (unpaired) electrons. The molecule has 2 atom stereocenters. The number of rotatable bonds is 5. The molecule has 2 unspecified atom stereocenters. The van der Waals surface area contributed by atoms with Crippen molar-refractivity contribution in [1.29, 1.82) is 0 Å². The molecule has 27 heavy (non-hydrogen) atoms. The van der Waals surface area contributed by atoms with Gasteiger partial charge in [-0.2, -0.15) is 0 Å². The fourth-order valence-corrected chi connectivity index (χ4v) is 4.47. The molecule has 0 aromatic heterocycles. The zero-order chi connectivity index (χ0) is 19.6. The number of hydrogen-bond acceptors (Lipinski definition) is 5. The normalized spacial score (nSPS) is 20.4. The molecular weight excluding hydrogens is 380 g/mol. The molecule has 1 saturated heterocycles. The molecule has 3 rings (SSSR count). The summed E-state index contributed by atoms with van der Waals surface area (Å²) in [5.74, 6) is -2.33. The summed E-state index contributed by atoms with van der Waals surface area (Å²) in [7, 11) is -4.04. The summed E-state index contributed by atoms with van der Waals surface area (Å²) >= 11 is 0. The number of nitrogens with one attached hydrogen (secondary N) is 2. The molecule has 2 aromatic carbocycles. The molecule has 2 aromatic rings. The van der Waals surface area contributed by atoms with Crippen molar-refractivity contribution in [3.8, 4) is 0 Å². The standard InChI is InChI=1S/C17H17F2N3O4S/c18-15-5-4-11(8-16(15)19)14-6-7-20-10-17(14)21-27(25,26)13-3-1-2-12(9-13)22(23)24/h1-5,8-9,14,17,20-21H,6-7,10H2. The molecule has 1 aliphatic rings. The van der Waals surface area contributed by atoms with E-state index in [0.29, 0.717) is 18.5 Å². The van der Waals surface area contributed by atoms with E-state index in [9.17, 15) is 27.3 Å². The highest BCUT2D eigenvalue weighted by atomic mass is 32.2. The third-order valence-electron chi connectivity index (χ3n) is 4.50. The highest BCUT2D eigenvalue weighted by molar-refractivity contribution is 7.89. The van der Waals surface area contributed by atoms with Crippen LogP contribution in [0.4, 0.5) is 14.5 Å². The minimum absolute atomic E-state index is 0.230. The van der Waals surface area contributed by atoms with Crippen LogP contribution >= 0.6 is 0 Å². The monoisotopic (exact) mass is 397 g/mol. The number of non-ortho nitro benzene ring substituents is 1. The first-order chi connectivity index (χ1) is 12.8. The fraction of sp³-hybridized carbons (Fsp3) is 0.294. The van der Waals surface area contributed by atoms with Crippen LogP contribution in [0.25, 0.3) is 0 Å². The van der Waals surface area contributed by atoms with Gasteiger partial charge in [-0.1, -0.05) is 12.1 Å². The Bertz CT molecular complexity index is 968. The lowest BCUT2D eigenvalue weighted by atomic mass is 9.86. The Labute approximate surface area is 154 Å². The van der Waals surface area contributed by atoms with Crippen molar-refractivity contribution in [3.63, 3.8) is 0 Å². The van der Waals surface area contributed by atoms with Crippen molar-refractivity contribution in [2.75, 3.05) is 13.1 Å². The molecular formula is C17H17F2N3O4S. The Balaban J connectivity index is 1.88. The van der Waals surface area contributed by atoms with E-state index >= 15 is 0 Å². The number of nitrogens with zero attached hydrogens (tertiary/aromatic N) is 1. The number of hydrogen-bond donors (Lipinski definition) is 2. The van der Waals surface area contributed by atoms with E-state index in [1.807, 2.05) is 0 Å². The maximum Gasteiger partial charge on any atom is 0.270 e. The van der Waals surface area contributed by atoms with Crippen LogP contribution in [0.15, 0.2) is 47.4 Å². The van der Waals surface area contributed by atoms with E-state index in [4.69, 9.17) is 0 Å². The van der Waals surface area contributed by atoms with Gasteiger partial charge in [0.25, 0.3) is 5.69 Å². The molecule has 7 nitrogen and oxygen atoms in total. The third kappa shape index (κ3) is 4.29. The topological polar surface area (TPSA) is 101 Å². The first-order valence-electron chi connectivity index (χ1n) is 8.20. The second-order valence-electron chi connectivity index (χ2n) is 6.26. The van der Waals surface area contributed by atoms with Crippen LogP contribution in [-0.2, 0) is 10.0 Å². The first kappa shape index (κ1) is 19.3. The highest BCUT2D eigenvalue weighted by Crippen LogP contribution is 2.28. The van der Waals surface area contributed by atoms with Crippen molar-refractivity contribution >= 4 is 15.7 Å². The van der Waals surface area contributed by atoms with E-state index < -0.39 is 32.6 Å². The molecule has 0 spiro atoms. The van der Waals surface area contributed by atoms with Gasteiger partial charge in [-0.15, -0.1) is 0 Å². The molecule has 1 aliphatic heterocycles. The summed E-state index contributed by atoms with van der Waals surface area (Å²) < 4.78 is 54.7. The van der Waals surface area contributed by atoms with Gasteiger partial charge in [0.05, 0.1) is 9.82 Å². The van der Waals surface area contributed by atoms with Crippen LogP contribution in [0.3, 0.4) is 0 Å². The second-order valence-corrected chi connectivity index (χ2v) is 7.97. The zero-order valence-corrected chi connectivity index (χ0v) is 14.9. The van der Waals surface area contributed by atoms with E-state index in [0.717, 1.165) is 18.2 Å². The first-order valence-corrected chi connectivity index (χ1v) is 9.69. The fourth-order valence-electron chi connectivity index (χ4n) is 3.16. The molecule has 0 saturated carbocycles. The van der Waals surface area contributed by atoms with Crippen molar-refractivity contribution in [2.24, 2.45) is 0 Å². The molecule has 2 N–H and O–H groups in total.